The third-order valence-electron chi connectivity index (χ3n) is 2.62. The van der Waals surface area contributed by atoms with Gasteiger partial charge in [0.15, 0.2) is 0 Å². The van der Waals surface area contributed by atoms with Gasteiger partial charge in [-0.1, -0.05) is 32.9 Å². The zero-order valence-corrected chi connectivity index (χ0v) is 12.5. The van der Waals surface area contributed by atoms with Crippen LogP contribution in [0.1, 0.15) is 47.0 Å². The minimum atomic E-state index is -0.917. The second kappa shape index (κ2) is 9.59. The molecule has 0 fully saturated rings. The highest BCUT2D eigenvalue weighted by Crippen LogP contribution is 2.19. The molecule has 4 heteroatoms. The van der Waals surface area contributed by atoms with Gasteiger partial charge in [0.1, 0.15) is 0 Å². The van der Waals surface area contributed by atoms with E-state index in [1.165, 1.54) is 5.57 Å². The molecule has 0 aliphatic heterocycles. The summed E-state index contributed by atoms with van der Waals surface area (Å²) in [5.74, 6) is -0.822. The summed E-state index contributed by atoms with van der Waals surface area (Å²) in [5, 5.41) is 0. The molecule has 0 saturated carbocycles. The zero-order chi connectivity index (χ0) is 14.8. The van der Waals surface area contributed by atoms with Crippen molar-refractivity contribution >= 4 is 11.9 Å². The molecule has 110 valence electrons. The summed E-state index contributed by atoms with van der Waals surface area (Å²) in [6.07, 6.45) is 2.67. The molecular weight excluding hydrogens is 244 g/mol. The predicted molar refractivity (Wildman–Crippen MR) is 74.6 cm³/mol. The molecule has 19 heavy (non-hydrogen) atoms. The number of allylic oxidation sites excluding steroid dienone is 1. The van der Waals surface area contributed by atoms with E-state index in [9.17, 15) is 9.59 Å². The van der Waals surface area contributed by atoms with Gasteiger partial charge in [-0.15, -0.1) is 0 Å². The molecule has 1 unspecified atom stereocenters. The van der Waals surface area contributed by atoms with E-state index in [0.29, 0.717) is 11.8 Å². The first-order chi connectivity index (χ1) is 8.86. The number of rotatable bonds is 8. The maximum atomic E-state index is 11.2. The molecule has 1 atom stereocenters. The fraction of sp³-hybridized carbons (Fsp3) is 0.733. The van der Waals surface area contributed by atoms with Crippen molar-refractivity contribution in [1.29, 1.82) is 0 Å². The molecule has 0 aromatic carbocycles. The lowest BCUT2D eigenvalue weighted by molar-refractivity contribution is -0.167. The molecule has 0 radical (unpaired) electrons. The van der Waals surface area contributed by atoms with Gasteiger partial charge in [-0.05, 0) is 38.0 Å². The Bertz CT molecular complexity index is 307. The third kappa shape index (κ3) is 9.28. The van der Waals surface area contributed by atoms with E-state index in [1.54, 1.807) is 6.92 Å². The quantitative estimate of drug-likeness (QED) is 0.386. The fourth-order valence-electron chi connectivity index (χ4n) is 1.86. The van der Waals surface area contributed by atoms with E-state index < -0.39 is 11.9 Å². The summed E-state index contributed by atoms with van der Waals surface area (Å²) in [5.41, 5.74) is 1.22. The van der Waals surface area contributed by atoms with Gasteiger partial charge in [-0.3, -0.25) is 0 Å². The second-order valence-electron chi connectivity index (χ2n) is 5.30. The van der Waals surface area contributed by atoms with Gasteiger partial charge in [0.2, 0.25) is 0 Å². The minimum absolute atomic E-state index is 0.180. The maximum absolute atomic E-state index is 11.2. The summed E-state index contributed by atoms with van der Waals surface area (Å²) in [7, 11) is 0. The average molecular weight is 270 g/mol. The van der Waals surface area contributed by atoms with Crippen LogP contribution in [0.5, 0.6) is 0 Å². The van der Waals surface area contributed by atoms with Crippen LogP contribution < -0.4 is 0 Å². The highest BCUT2D eigenvalue weighted by molar-refractivity contribution is 6.29. The van der Waals surface area contributed by atoms with Crippen molar-refractivity contribution in [2.45, 2.75) is 47.0 Å². The predicted octanol–water partition coefficient (Wildman–Crippen LogP) is 3.11. The van der Waals surface area contributed by atoms with Crippen molar-refractivity contribution in [2.24, 2.45) is 11.8 Å². The highest BCUT2D eigenvalue weighted by atomic mass is 16.6. The van der Waals surface area contributed by atoms with E-state index >= 15 is 0 Å². The maximum Gasteiger partial charge on any atom is 0.417 e. The second-order valence-corrected chi connectivity index (χ2v) is 5.30. The van der Waals surface area contributed by atoms with Crippen molar-refractivity contribution < 1.29 is 19.1 Å². The summed E-state index contributed by atoms with van der Waals surface area (Å²) in [4.78, 5) is 22.2. The van der Waals surface area contributed by atoms with E-state index in [1.807, 2.05) is 0 Å². The van der Waals surface area contributed by atoms with Crippen molar-refractivity contribution in [2.75, 3.05) is 13.2 Å². The van der Waals surface area contributed by atoms with Crippen LogP contribution >= 0.6 is 0 Å². The lowest BCUT2D eigenvalue weighted by Crippen LogP contribution is -2.21. The van der Waals surface area contributed by atoms with Gasteiger partial charge in [-0.2, -0.15) is 0 Å². The number of ether oxygens (including phenoxy) is 2. The van der Waals surface area contributed by atoms with Crippen molar-refractivity contribution in [3.05, 3.63) is 12.2 Å². The molecule has 0 aromatic rings. The lowest BCUT2D eigenvalue weighted by Gasteiger charge is -2.14. The lowest BCUT2D eigenvalue weighted by atomic mass is 9.94. The van der Waals surface area contributed by atoms with E-state index in [-0.39, 0.29) is 13.2 Å². The molecule has 4 nitrogen and oxygen atoms in total. The number of carbonyl (C=O) groups is 2. The van der Waals surface area contributed by atoms with Crippen LogP contribution in [0.15, 0.2) is 12.2 Å². The Morgan fingerprint density at radius 1 is 1.05 bits per heavy atom. The zero-order valence-electron chi connectivity index (χ0n) is 12.5. The smallest absolute Gasteiger partial charge is 0.417 e. The minimum Gasteiger partial charge on any atom is -0.458 e. The Morgan fingerprint density at radius 3 is 2.16 bits per heavy atom. The SMILES string of the molecule is C=C(CC(C)C)CC(C)CCOC(=O)C(=O)OCC. The first kappa shape index (κ1) is 17.7. The number of hydrogen-bond donors (Lipinski definition) is 0. The van der Waals surface area contributed by atoms with Gasteiger partial charge in [0.05, 0.1) is 13.2 Å². The normalized spacial score (nSPS) is 12.1. The van der Waals surface area contributed by atoms with Gasteiger partial charge in [0.25, 0.3) is 0 Å². The fourth-order valence-corrected chi connectivity index (χ4v) is 1.86. The topological polar surface area (TPSA) is 52.6 Å². The Balaban J connectivity index is 3.79. The highest BCUT2D eigenvalue weighted by Gasteiger charge is 2.16. The molecular formula is C15H26O4. The van der Waals surface area contributed by atoms with Crippen LogP contribution in [-0.2, 0) is 19.1 Å². The first-order valence-electron chi connectivity index (χ1n) is 6.87. The largest absolute Gasteiger partial charge is 0.458 e. The van der Waals surface area contributed by atoms with Crippen molar-refractivity contribution in [1.82, 2.24) is 0 Å². The van der Waals surface area contributed by atoms with Crippen LogP contribution in [0.25, 0.3) is 0 Å². The summed E-state index contributed by atoms with van der Waals surface area (Å²) in [6.45, 7) is 12.5. The van der Waals surface area contributed by atoms with Crippen LogP contribution in [0.3, 0.4) is 0 Å². The van der Waals surface area contributed by atoms with Crippen LogP contribution in [0, 0.1) is 11.8 Å². The molecule has 0 saturated heterocycles. The number of hydrogen-bond acceptors (Lipinski definition) is 4. The first-order valence-corrected chi connectivity index (χ1v) is 6.87. The summed E-state index contributed by atoms with van der Waals surface area (Å²) < 4.78 is 9.39. The molecule has 0 amide bonds. The summed E-state index contributed by atoms with van der Waals surface area (Å²) in [6, 6.07) is 0. The molecule has 0 aromatic heterocycles. The Hall–Kier alpha value is -1.32. The Kier molecular flexibility index (Phi) is 8.92. The standard InChI is InChI=1S/C15H26O4/c1-6-18-14(16)15(17)19-8-7-12(4)10-13(5)9-11(2)3/h11-12H,5-10H2,1-4H3. The average Bonchev–Trinajstić information content (AvgIpc) is 2.27. The van der Waals surface area contributed by atoms with E-state index in [4.69, 9.17) is 4.74 Å². The molecule has 0 aliphatic carbocycles. The monoisotopic (exact) mass is 270 g/mol. The van der Waals surface area contributed by atoms with E-state index in [0.717, 1.165) is 19.3 Å². The van der Waals surface area contributed by atoms with E-state index in [2.05, 4.69) is 32.1 Å². The molecule has 0 rings (SSSR count). The van der Waals surface area contributed by atoms with Crippen LogP contribution in [0.4, 0.5) is 0 Å². The van der Waals surface area contributed by atoms with Gasteiger partial charge < -0.3 is 9.47 Å². The van der Waals surface area contributed by atoms with Gasteiger partial charge >= 0.3 is 11.9 Å². The van der Waals surface area contributed by atoms with Crippen LogP contribution in [-0.4, -0.2) is 25.2 Å². The molecule has 0 bridgehead atoms. The Labute approximate surface area is 116 Å². The molecule has 0 aliphatic rings. The molecule has 0 N–H and O–H groups in total. The van der Waals surface area contributed by atoms with Gasteiger partial charge in [0, 0.05) is 0 Å². The summed E-state index contributed by atoms with van der Waals surface area (Å²) >= 11 is 0. The van der Waals surface area contributed by atoms with Crippen molar-refractivity contribution in [3.8, 4) is 0 Å². The van der Waals surface area contributed by atoms with Gasteiger partial charge in [-0.25, -0.2) is 9.59 Å². The number of carbonyl (C=O) groups excluding carboxylic acids is 2. The van der Waals surface area contributed by atoms with Crippen molar-refractivity contribution in [3.63, 3.8) is 0 Å². The van der Waals surface area contributed by atoms with Crippen LogP contribution in [0.2, 0.25) is 0 Å². The third-order valence-corrected chi connectivity index (χ3v) is 2.62. The molecule has 0 spiro atoms. The Morgan fingerprint density at radius 2 is 1.63 bits per heavy atom. The molecule has 0 heterocycles. The number of esters is 2.